The van der Waals surface area contributed by atoms with Crippen LogP contribution >= 0.6 is 22.9 Å². The fourth-order valence-corrected chi connectivity index (χ4v) is 2.63. The third kappa shape index (κ3) is 4.97. The molecule has 0 saturated heterocycles. The highest BCUT2D eigenvalue weighted by Crippen LogP contribution is 2.24. The van der Waals surface area contributed by atoms with Gasteiger partial charge in [-0.05, 0) is 39.8 Å². The Hall–Kier alpha value is 0.120. The van der Waals surface area contributed by atoms with Crippen LogP contribution in [0.5, 0.6) is 0 Å². The van der Waals surface area contributed by atoms with Crippen LogP contribution in [0, 0.1) is 5.92 Å². The van der Waals surface area contributed by atoms with Gasteiger partial charge in [-0.3, -0.25) is 8.32 Å². The Labute approximate surface area is 112 Å². The van der Waals surface area contributed by atoms with Gasteiger partial charge in [-0.2, -0.15) is 0 Å². The number of amides is 1. The SMILES string of the molecule is CN(C)CCNC(=O)[C@H]1CC[C@H](NI)CC1. The van der Waals surface area contributed by atoms with Crippen molar-refractivity contribution in [3.05, 3.63) is 0 Å². The largest absolute Gasteiger partial charge is 0.355 e. The molecule has 0 heterocycles. The highest BCUT2D eigenvalue weighted by atomic mass is 127. The van der Waals surface area contributed by atoms with Crippen molar-refractivity contribution in [2.24, 2.45) is 5.92 Å². The molecule has 4 nitrogen and oxygen atoms in total. The van der Waals surface area contributed by atoms with E-state index in [9.17, 15) is 4.79 Å². The van der Waals surface area contributed by atoms with Crippen LogP contribution in [0.3, 0.4) is 0 Å². The highest BCUT2D eigenvalue weighted by molar-refractivity contribution is 14.1. The number of rotatable bonds is 5. The van der Waals surface area contributed by atoms with Crippen LogP contribution in [0.25, 0.3) is 0 Å². The van der Waals surface area contributed by atoms with Gasteiger partial charge in [0.05, 0.1) is 0 Å². The number of nitrogens with one attached hydrogen (secondary N) is 2. The van der Waals surface area contributed by atoms with Gasteiger partial charge >= 0.3 is 0 Å². The van der Waals surface area contributed by atoms with Crippen molar-refractivity contribution < 1.29 is 4.79 Å². The second kappa shape index (κ2) is 7.45. The number of halogens is 1. The summed E-state index contributed by atoms with van der Waals surface area (Å²) in [6.07, 6.45) is 4.28. The second-order valence-electron chi connectivity index (χ2n) is 4.75. The van der Waals surface area contributed by atoms with E-state index in [-0.39, 0.29) is 11.8 Å². The van der Waals surface area contributed by atoms with Crippen LogP contribution in [0.1, 0.15) is 25.7 Å². The molecule has 2 N–H and O–H groups in total. The number of likely N-dealkylation sites (N-methyl/N-ethyl adjacent to an activating group) is 1. The molecular weight excluding hydrogens is 317 g/mol. The third-order valence-electron chi connectivity index (χ3n) is 3.11. The minimum absolute atomic E-state index is 0.239. The van der Waals surface area contributed by atoms with Crippen LogP contribution in [-0.4, -0.2) is 44.0 Å². The van der Waals surface area contributed by atoms with Crippen LogP contribution in [0.15, 0.2) is 0 Å². The number of hydrogen-bond acceptors (Lipinski definition) is 3. The van der Waals surface area contributed by atoms with Crippen molar-refractivity contribution in [3.8, 4) is 0 Å². The molecule has 0 aromatic heterocycles. The first kappa shape index (κ1) is 14.2. The zero-order valence-electron chi connectivity index (χ0n) is 10.1. The second-order valence-corrected chi connectivity index (χ2v) is 5.37. The molecule has 0 aromatic carbocycles. The average molecular weight is 339 g/mol. The molecular formula is C11H22IN3O. The minimum Gasteiger partial charge on any atom is -0.355 e. The van der Waals surface area contributed by atoms with E-state index in [0.29, 0.717) is 6.04 Å². The summed E-state index contributed by atoms with van der Waals surface area (Å²) in [5.41, 5.74) is 0. The first-order valence-corrected chi connectivity index (χ1v) is 7.00. The maximum absolute atomic E-state index is 11.8. The minimum atomic E-state index is 0.239. The molecule has 0 aliphatic heterocycles. The Bertz CT molecular complexity index is 215. The molecule has 1 rings (SSSR count). The Balaban J connectivity index is 2.18. The van der Waals surface area contributed by atoms with Gasteiger partial charge in [0.1, 0.15) is 0 Å². The van der Waals surface area contributed by atoms with E-state index in [1.807, 2.05) is 14.1 Å². The van der Waals surface area contributed by atoms with Gasteiger partial charge in [-0.15, -0.1) is 0 Å². The monoisotopic (exact) mass is 339 g/mol. The topological polar surface area (TPSA) is 44.4 Å². The zero-order chi connectivity index (χ0) is 12.0. The number of nitrogens with zero attached hydrogens (tertiary/aromatic N) is 1. The van der Waals surface area contributed by atoms with Gasteiger partial charge < -0.3 is 10.2 Å². The Morgan fingerprint density at radius 2 is 1.94 bits per heavy atom. The van der Waals surface area contributed by atoms with Crippen molar-refractivity contribution >= 4 is 28.8 Å². The van der Waals surface area contributed by atoms with Gasteiger partial charge in [0, 0.05) is 47.9 Å². The first-order chi connectivity index (χ1) is 7.63. The molecule has 1 aliphatic rings. The van der Waals surface area contributed by atoms with Crippen LogP contribution in [0.2, 0.25) is 0 Å². The average Bonchev–Trinajstić information content (AvgIpc) is 2.28. The molecule has 1 fully saturated rings. The van der Waals surface area contributed by atoms with Crippen molar-refractivity contribution in [1.82, 2.24) is 13.7 Å². The molecule has 0 spiro atoms. The van der Waals surface area contributed by atoms with Gasteiger partial charge in [0.25, 0.3) is 0 Å². The molecule has 0 atom stereocenters. The fourth-order valence-electron chi connectivity index (χ4n) is 2.01. The molecule has 0 radical (unpaired) electrons. The molecule has 16 heavy (non-hydrogen) atoms. The van der Waals surface area contributed by atoms with Crippen LogP contribution in [-0.2, 0) is 4.79 Å². The molecule has 1 aliphatic carbocycles. The van der Waals surface area contributed by atoms with Crippen molar-refractivity contribution in [1.29, 1.82) is 0 Å². The Morgan fingerprint density at radius 3 is 2.44 bits per heavy atom. The lowest BCUT2D eigenvalue weighted by atomic mass is 9.86. The summed E-state index contributed by atoms with van der Waals surface area (Å²) < 4.78 is 3.25. The van der Waals surface area contributed by atoms with Crippen molar-refractivity contribution in [2.45, 2.75) is 31.7 Å². The fraction of sp³-hybridized carbons (Fsp3) is 0.909. The van der Waals surface area contributed by atoms with E-state index in [0.717, 1.165) is 38.8 Å². The lowest BCUT2D eigenvalue weighted by Crippen LogP contribution is -2.38. The lowest BCUT2D eigenvalue weighted by Gasteiger charge is -2.26. The molecule has 1 amide bonds. The molecule has 0 unspecified atom stereocenters. The normalized spacial score (nSPS) is 25.8. The summed E-state index contributed by atoms with van der Waals surface area (Å²) in [4.78, 5) is 13.9. The first-order valence-electron chi connectivity index (χ1n) is 5.92. The highest BCUT2D eigenvalue weighted by Gasteiger charge is 2.25. The van der Waals surface area contributed by atoms with Gasteiger partial charge in [0.15, 0.2) is 0 Å². The summed E-state index contributed by atoms with van der Waals surface area (Å²) in [5.74, 6) is 0.483. The maximum Gasteiger partial charge on any atom is 0.223 e. The zero-order valence-corrected chi connectivity index (χ0v) is 12.3. The van der Waals surface area contributed by atoms with E-state index < -0.39 is 0 Å². The van der Waals surface area contributed by atoms with Gasteiger partial charge in [0.2, 0.25) is 5.91 Å². The quantitative estimate of drug-likeness (QED) is 0.584. The summed E-state index contributed by atoms with van der Waals surface area (Å²) in [6.45, 7) is 1.67. The summed E-state index contributed by atoms with van der Waals surface area (Å²) in [7, 11) is 4.03. The predicted octanol–water partition coefficient (Wildman–Crippen LogP) is 1.16. The smallest absolute Gasteiger partial charge is 0.223 e. The van der Waals surface area contributed by atoms with Crippen LogP contribution in [0.4, 0.5) is 0 Å². The van der Waals surface area contributed by atoms with Crippen molar-refractivity contribution in [3.63, 3.8) is 0 Å². The number of hydrogen-bond donors (Lipinski definition) is 2. The number of carbonyl (C=O) groups excluding carboxylic acids is 1. The van der Waals surface area contributed by atoms with Crippen LogP contribution < -0.4 is 8.85 Å². The molecule has 94 valence electrons. The summed E-state index contributed by atoms with van der Waals surface area (Å²) in [6, 6.07) is 0.603. The molecule has 5 heteroatoms. The predicted molar refractivity (Wildman–Crippen MR) is 74.5 cm³/mol. The lowest BCUT2D eigenvalue weighted by molar-refractivity contribution is -0.126. The van der Waals surface area contributed by atoms with E-state index in [2.05, 4.69) is 36.6 Å². The Kier molecular flexibility index (Phi) is 6.60. The molecule has 0 aromatic rings. The summed E-state index contributed by atoms with van der Waals surface area (Å²) in [5, 5.41) is 3.01. The standard InChI is InChI=1S/C11H22IN3O/c1-15(2)8-7-13-11(16)9-3-5-10(14-12)6-4-9/h9-10,14H,3-8H2,1-2H3,(H,13,16)/t9-,10-. The van der Waals surface area contributed by atoms with Gasteiger partial charge in [-0.25, -0.2) is 0 Å². The summed E-state index contributed by atoms with van der Waals surface area (Å²) >= 11 is 2.20. The maximum atomic E-state index is 11.8. The van der Waals surface area contributed by atoms with E-state index in [1.165, 1.54) is 0 Å². The number of carbonyl (C=O) groups is 1. The Morgan fingerprint density at radius 1 is 1.31 bits per heavy atom. The van der Waals surface area contributed by atoms with Gasteiger partial charge in [-0.1, -0.05) is 0 Å². The van der Waals surface area contributed by atoms with Crippen molar-refractivity contribution in [2.75, 3.05) is 27.2 Å². The van der Waals surface area contributed by atoms with E-state index >= 15 is 0 Å². The third-order valence-corrected chi connectivity index (χ3v) is 3.99. The van der Waals surface area contributed by atoms with E-state index in [4.69, 9.17) is 0 Å². The van der Waals surface area contributed by atoms with E-state index in [1.54, 1.807) is 0 Å². The molecule has 0 bridgehead atoms. The molecule has 1 saturated carbocycles.